The Bertz CT molecular complexity index is 898. The van der Waals surface area contributed by atoms with Gasteiger partial charge in [-0.25, -0.2) is 4.39 Å². The lowest BCUT2D eigenvalue weighted by Crippen LogP contribution is -2.28. The number of anilines is 1. The molecule has 9 heteroatoms. The first kappa shape index (κ1) is 18.3. The normalized spacial score (nSPS) is 15.6. The summed E-state index contributed by atoms with van der Waals surface area (Å²) >= 11 is 0. The van der Waals surface area contributed by atoms with Crippen LogP contribution < -0.4 is 10.1 Å². The van der Waals surface area contributed by atoms with Gasteiger partial charge in [-0.05, 0) is 36.8 Å². The Morgan fingerprint density at radius 2 is 2.11 bits per heavy atom. The van der Waals surface area contributed by atoms with Crippen molar-refractivity contribution in [1.29, 1.82) is 0 Å². The van der Waals surface area contributed by atoms with E-state index in [1.54, 1.807) is 6.92 Å². The molecule has 0 saturated heterocycles. The molecule has 1 aliphatic heterocycles. The van der Waals surface area contributed by atoms with Crippen molar-refractivity contribution in [2.75, 3.05) is 11.9 Å². The molecule has 140 valence electrons. The van der Waals surface area contributed by atoms with Crippen molar-refractivity contribution < 1.29 is 23.7 Å². The molecule has 0 fully saturated rings. The van der Waals surface area contributed by atoms with Crippen LogP contribution in [-0.4, -0.2) is 29.3 Å². The summed E-state index contributed by atoms with van der Waals surface area (Å²) in [5.41, 5.74) is 0.884. The largest absolute Gasteiger partial charge is 0.494 e. The zero-order chi connectivity index (χ0) is 19.4. The fourth-order valence-electron chi connectivity index (χ4n) is 2.57. The average molecular weight is 373 g/mol. The minimum atomic E-state index is -0.934. The molecule has 2 aromatic rings. The average Bonchev–Trinajstić information content (AvgIpc) is 3.14. The summed E-state index contributed by atoms with van der Waals surface area (Å²) in [7, 11) is 0. The second kappa shape index (κ2) is 7.81. The molecule has 0 radical (unpaired) electrons. The van der Waals surface area contributed by atoms with Crippen molar-refractivity contribution in [3.63, 3.8) is 0 Å². The molecule has 27 heavy (non-hydrogen) atoms. The number of nitrogens with zero attached hydrogens (tertiary/aromatic N) is 2. The van der Waals surface area contributed by atoms with Gasteiger partial charge >= 0.3 is 0 Å². The maximum atomic E-state index is 13.0. The van der Waals surface area contributed by atoms with Gasteiger partial charge < -0.3 is 14.9 Å². The number of nitro benzene ring substituents is 1. The van der Waals surface area contributed by atoms with Gasteiger partial charge in [-0.1, -0.05) is 17.3 Å². The third kappa shape index (κ3) is 4.20. The van der Waals surface area contributed by atoms with E-state index in [1.807, 2.05) is 0 Å². The third-order valence-electron chi connectivity index (χ3n) is 3.87. The fraction of sp³-hybridized carbons (Fsp3) is 0.222. The summed E-state index contributed by atoms with van der Waals surface area (Å²) in [6, 6.07) is 9.82. The zero-order valence-electron chi connectivity index (χ0n) is 14.3. The number of benzene rings is 2. The molecule has 0 saturated carbocycles. The highest BCUT2D eigenvalue weighted by molar-refractivity contribution is 6.06. The van der Waals surface area contributed by atoms with Gasteiger partial charge in [-0.15, -0.1) is 0 Å². The van der Waals surface area contributed by atoms with E-state index < -0.39 is 16.9 Å². The smallest absolute Gasteiger partial charge is 0.296 e. The molecule has 1 heterocycles. The first-order valence-corrected chi connectivity index (χ1v) is 8.18. The highest BCUT2D eigenvalue weighted by Gasteiger charge is 2.30. The van der Waals surface area contributed by atoms with Crippen LogP contribution in [0.4, 0.5) is 15.8 Å². The molecule has 1 aliphatic rings. The van der Waals surface area contributed by atoms with Gasteiger partial charge in [-0.3, -0.25) is 14.9 Å². The maximum Gasteiger partial charge on any atom is 0.296 e. The molecule has 1 unspecified atom stereocenters. The van der Waals surface area contributed by atoms with Gasteiger partial charge in [0.2, 0.25) is 6.10 Å². The molecule has 1 N–H and O–H groups in total. The van der Waals surface area contributed by atoms with E-state index in [0.29, 0.717) is 23.6 Å². The standard InChI is InChI=1S/C18H16FN3O5/c1-2-26-13-7-8-14(16(9-13)22(24)25)20-18(23)17-10-15(21-27-17)11-3-5-12(19)6-4-11/h3-9,17H,2,10H2,1H3,(H,20,23). The molecule has 1 amide bonds. The summed E-state index contributed by atoms with van der Waals surface area (Å²) in [4.78, 5) is 28.2. The van der Waals surface area contributed by atoms with Crippen LogP contribution in [0.3, 0.4) is 0 Å². The quantitative estimate of drug-likeness (QED) is 0.618. The summed E-state index contributed by atoms with van der Waals surface area (Å²) < 4.78 is 18.2. The lowest BCUT2D eigenvalue weighted by molar-refractivity contribution is -0.384. The molecule has 3 rings (SSSR count). The minimum Gasteiger partial charge on any atom is -0.494 e. The van der Waals surface area contributed by atoms with Gasteiger partial charge in [0, 0.05) is 6.42 Å². The van der Waals surface area contributed by atoms with Crippen LogP contribution in [0, 0.1) is 15.9 Å². The number of halogens is 1. The second-order valence-corrected chi connectivity index (χ2v) is 5.70. The Morgan fingerprint density at radius 3 is 2.78 bits per heavy atom. The molecule has 1 atom stereocenters. The predicted molar refractivity (Wildman–Crippen MR) is 95.3 cm³/mol. The van der Waals surface area contributed by atoms with Gasteiger partial charge in [0.1, 0.15) is 17.3 Å². The van der Waals surface area contributed by atoms with Crippen LogP contribution in [0.1, 0.15) is 18.9 Å². The number of nitro groups is 1. The van der Waals surface area contributed by atoms with Crippen molar-refractivity contribution in [2.24, 2.45) is 5.16 Å². The fourth-order valence-corrected chi connectivity index (χ4v) is 2.57. The summed E-state index contributed by atoms with van der Waals surface area (Å²) in [6.45, 7) is 2.12. The van der Waals surface area contributed by atoms with E-state index in [-0.39, 0.29) is 23.6 Å². The molecule has 0 aromatic heterocycles. The Balaban J connectivity index is 1.69. The van der Waals surface area contributed by atoms with Gasteiger partial charge in [0.05, 0.1) is 23.3 Å². The Hall–Kier alpha value is -3.49. The van der Waals surface area contributed by atoms with E-state index in [1.165, 1.54) is 42.5 Å². The molecule has 0 aliphatic carbocycles. The van der Waals surface area contributed by atoms with Gasteiger partial charge in [-0.2, -0.15) is 0 Å². The highest BCUT2D eigenvalue weighted by Crippen LogP contribution is 2.30. The van der Waals surface area contributed by atoms with Crippen molar-refractivity contribution in [1.82, 2.24) is 0 Å². The molecule has 0 bridgehead atoms. The molecular formula is C18H16FN3O5. The Morgan fingerprint density at radius 1 is 1.37 bits per heavy atom. The Kier molecular flexibility index (Phi) is 5.30. The third-order valence-corrected chi connectivity index (χ3v) is 3.87. The number of rotatable bonds is 6. The van der Waals surface area contributed by atoms with Crippen LogP contribution in [-0.2, 0) is 9.63 Å². The van der Waals surface area contributed by atoms with E-state index in [9.17, 15) is 19.3 Å². The monoisotopic (exact) mass is 373 g/mol. The molecule has 8 nitrogen and oxygen atoms in total. The number of hydrogen-bond acceptors (Lipinski definition) is 6. The lowest BCUT2D eigenvalue weighted by Gasteiger charge is -2.11. The van der Waals surface area contributed by atoms with E-state index in [4.69, 9.17) is 9.57 Å². The summed E-state index contributed by atoms with van der Waals surface area (Å²) in [5, 5.41) is 17.6. The topological polar surface area (TPSA) is 103 Å². The number of nitrogens with one attached hydrogen (secondary N) is 1. The van der Waals surface area contributed by atoms with Gasteiger partial charge in [0.15, 0.2) is 0 Å². The van der Waals surface area contributed by atoms with Crippen molar-refractivity contribution >= 4 is 23.0 Å². The maximum absolute atomic E-state index is 13.0. The van der Waals surface area contributed by atoms with Crippen molar-refractivity contribution in [3.05, 3.63) is 64.0 Å². The number of carbonyl (C=O) groups is 1. The van der Waals surface area contributed by atoms with Crippen LogP contribution in [0.2, 0.25) is 0 Å². The Labute approximate surface area is 153 Å². The first-order chi connectivity index (χ1) is 13.0. The van der Waals surface area contributed by atoms with Crippen LogP contribution in [0.25, 0.3) is 0 Å². The second-order valence-electron chi connectivity index (χ2n) is 5.70. The van der Waals surface area contributed by atoms with E-state index in [0.717, 1.165) is 0 Å². The number of ether oxygens (including phenoxy) is 1. The van der Waals surface area contributed by atoms with Crippen LogP contribution in [0.15, 0.2) is 47.6 Å². The number of oxime groups is 1. The van der Waals surface area contributed by atoms with Crippen LogP contribution >= 0.6 is 0 Å². The molecule has 2 aromatic carbocycles. The zero-order valence-corrected chi connectivity index (χ0v) is 14.3. The van der Waals surface area contributed by atoms with Gasteiger partial charge in [0.25, 0.3) is 11.6 Å². The van der Waals surface area contributed by atoms with Crippen molar-refractivity contribution in [3.8, 4) is 5.75 Å². The summed E-state index contributed by atoms with van der Waals surface area (Å²) in [6.07, 6.45) is -0.765. The number of amides is 1. The number of carbonyl (C=O) groups excluding carboxylic acids is 1. The lowest BCUT2D eigenvalue weighted by atomic mass is 10.0. The van der Waals surface area contributed by atoms with E-state index >= 15 is 0 Å². The van der Waals surface area contributed by atoms with E-state index in [2.05, 4.69) is 10.5 Å². The van der Waals surface area contributed by atoms with Crippen LogP contribution in [0.5, 0.6) is 5.75 Å². The number of hydrogen-bond donors (Lipinski definition) is 1. The molecular weight excluding hydrogens is 357 g/mol. The van der Waals surface area contributed by atoms with Crippen molar-refractivity contribution in [2.45, 2.75) is 19.4 Å². The first-order valence-electron chi connectivity index (χ1n) is 8.18. The highest BCUT2D eigenvalue weighted by atomic mass is 19.1. The SMILES string of the molecule is CCOc1ccc(NC(=O)C2CC(c3ccc(F)cc3)=NO2)c([N+](=O)[O-])c1. The predicted octanol–water partition coefficient (Wildman–Crippen LogP) is 3.26. The summed E-state index contributed by atoms with van der Waals surface area (Å²) in [5.74, 6) is -0.611. The molecule has 0 spiro atoms. The minimum absolute atomic E-state index is 0.0345.